The zero-order chi connectivity index (χ0) is 35.9. The Morgan fingerprint density at radius 2 is 1.49 bits per heavy atom. The molecular formula is C40H47N3O7S. The first-order chi connectivity index (χ1) is 24.8. The van der Waals surface area contributed by atoms with Crippen LogP contribution in [0.3, 0.4) is 0 Å². The Morgan fingerprint density at radius 3 is 2.24 bits per heavy atom. The van der Waals surface area contributed by atoms with Crippen LogP contribution in [0.4, 0.5) is 5.69 Å². The lowest BCUT2D eigenvalue weighted by molar-refractivity contribution is -0.131. The van der Waals surface area contributed by atoms with Gasteiger partial charge in [-0.2, -0.15) is 0 Å². The van der Waals surface area contributed by atoms with Crippen LogP contribution in [0.1, 0.15) is 60.8 Å². The third-order valence-corrected chi connectivity index (χ3v) is 9.57. The summed E-state index contributed by atoms with van der Waals surface area (Å²) < 4.78 is 40.9. The van der Waals surface area contributed by atoms with Crippen molar-refractivity contribution in [3.8, 4) is 11.5 Å². The number of hydrogen-bond acceptors (Lipinski definition) is 7. The van der Waals surface area contributed by atoms with Crippen LogP contribution in [0.15, 0.2) is 102 Å². The number of amides is 2. The first-order valence-electron chi connectivity index (χ1n) is 17.5. The molecule has 0 radical (unpaired) electrons. The van der Waals surface area contributed by atoms with E-state index in [9.17, 15) is 18.0 Å². The lowest BCUT2D eigenvalue weighted by Crippen LogP contribution is -2.33. The van der Waals surface area contributed by atoms with Gasteiger partial charge in [0.05, 0.1) is 11.3 Å². The topological polar surface area (TPSA) is 137 Å². The highest BCUT2D eigenvalue weighted by atomic mass is 32.2. The highest BCUT2D eigenvalue weighted by Gasteiger charge is 2.26. The maximum Gasteiger partial charge on any atom is 0.262 e. The summed E-state index contributed by atoms with van der Waals surface area (Å²) in [6.07, 6.45) is 6.47. The summed E-state index contributed by atoms with van der Waals surface area (Å²) in [6, 6.07) is 30.2. The number of fused-ring (bicyclic) bond motifs is 1. The number of anilines is 1. The van der Waals surface area contributed by atoms with Crippen molar-refractivity contribution in [1.82, 2.24) is 4.90 Å². The molecule has 0 saturated heterocycles. The van der Waals surface area contributed by atoms with Crippen molar-refractivity contribution in [3.05, 3.63) is 119 Å². The first-order valence-corrected chi connectivity index (χ1v) is 19.1. The van der Waals surface area contributed by atoms with E-state index in [2.05, 4.69) is 5.32 Å². The SMILES string of the molecule is NS(=O)(=O)c1cccc(CCCCOCCCCCCN(Cc2ccccc2)C(=O)Cc2ccc(OCc3ccccc3)c3c2OCC(=O)N3)c1. The van der Waals surface area contributed by atoms with Gasteiger partial charge in [0.15, 0.2) is 12.4 Å². The van der Waals surface area contributed by atoms with Gasteiger partial charge in [-0.3, -0.25) is 9.59 Å². The fourth-order valence-corrected chi connectivity index (χ4v) is 6.53. The largest absolute Gasteiger partial charge is 0.487 e. The Bertz CT molecular complexity index is 1840. The molecule has 3 N–H and O–H groups in total. The van der Waals surface area contributed by atoms with Crippen LogP contribution in [0, 0.1) is 0 Å². The smallest absolute Gasteiger partial charge is 0.262 e. The highest BCUT2D eigenvalue weighted by Crippen LogP contribution is 2.40. The van der Waals surface area contributed by atoms with E-state index in [4.69, 9.17) is 19.3 Å². The predicted octanol–water partition coefficient (Wildman–Crippen LogP) is 6.42. The van der Waals surface area contributed by atoms with Crippen LogP contribution < -0.4 is 19.9 Å². The number of benzene rings is 4. The standard InChI is InChI=1S/C40H47N3O7S/c41-51(46,47)35-20-13-19-31(26-35)14-9-12-25-48-24-11-2-1-10-23-43(28-32-15-5-3-6-16-32)38(45)27-34-21-22-36(39-40(34)50-30-37(44)42-39)49-29-33-17-7-4-8-18-33/h3-8,13,15-22,26H,1-2,9-12,14,23-25,27-30H2,(H,42,44)(H2,41,46,47). The summed E-state index contributed by atoms with van der Waals surface area (Å²) >= 11 is 0. The van der Waals surface area contributed by atoms with Gasteiger partial charge < -0.3 is 24.4 Å². The van der Waals surface area contributed by atoms with Gasteiger partial charge in [-0.05, 0) is 67.0 Å². The quantitative estimate of drug-likeness (QED) is 0.101. The van der Waals surface area contributed by atoms with Crippen LogP contribution in [0.25, 0.3) is 0 Å². The number of nitrogens with zero attached hydrogens (tertiary/aromatic N) is 1. The molecule has 0 atom stereocenters. The number of unbranched alkanes of at least 4 members (excludes halogenated alkanes) is 4. The van der Waals surface area contributed by atoms with Gasteiger partial charge in [-0.15, -0.1) is 0 Å². The van der Waals surface area contributed by atoms with Gasteiger partial charge in [-0.1, -0.05) is 91.7 Å². The minimum absolute atomic E-state index is 0.0146. The van der Waals surface area contributed by atoms with Gasteiger partial charge >= 0.3 is 0 Å². The molecule has 5 rings (SSSR count). The van der Waals surface area contributed by atoms with E-state index >= 15 is 0 Å². The minimum atomic E-state index is -3.69. The molecule has 0 spiro atoms. The van der Waals surface area contributed by atoms with Crippen molar-refractivity contribution in [2.45, 2.75) is 69.4 Å². The fourth-order valence-electron chi connectivity index (χ4n) is 5.94. The minimum Gasteiger partial charge on any atom is -0.487 e. The molecule has 4 aromatic rings. The summed E-state index contributed by atoms with van der Waals surface area (Å²) in [5, 5.41) is 8.12. The molecule has 1 heterocycles. The molecule has 270 valence electrons. The molecule has 4 aromatic carbocycles. The molecular weight excluding hydrogens is 667 g/mol. The molecule has 0 bridgehead atoms. The summed E-state index contributed by atoms with van der Waals surface area (Å²) in [7, 11) is -3.69. The van der Waals surface area contributed by atoms with E-state index in [1.165, 1.54) is 6.07 Å². The fraction of sp³-hybridized carbons (Fsp3) is 0.350. The monoisotopic (exact) mass is 713 g/mol. The van der Waals surface area contributed by atoms with Crippen LogP contribution >= 0.6 is 0 Å². The molecule has 2 amide bonds. The molecule has 51 heavy (non-hydrogen) atoms. The summed E-state index contributed by atoms with van der Waals surface area (Å²) in [5.41, 5.74) is 4.17. The third kappa shape index (κ3) is 11.9. The van der Waals surface area contributed by atoms with E-state index in [-0.39, 0.29) is 29.7 Å². The maximum atomic E-state index is 13.8. The van der Waals surface area contributed by atoms with Gasteiger partial charge in [0, 0.05) is 31.9 Å². The molecule has 0 aliphatic carbocycles. The molecule has 10 nitrogen and oxygen atoms in total. The zero-order valence-electron chi connectivity index (χ0n) is 28.9. The summed E-state index contributed by atoms with van der Waals surface area (Å²) in [4.78, 5) is 28.1. The molecule has 0 saturated carbocycles. The van der Waals surface area contributed by atoms with E-state index in [0.29, 0.717) is 55.7 Å². The van der Waals surface area contributed by atoms with Gasteiger partial charge in [0.2, 0.25) is 15.9 Å². The lowest BCUT2D eigenvalue weighted by Gasteiger charge is -2.26. The van der Waals surface area contributed by atoms with Gasteiger partial charge in [-0.25, -0.2) is 13.6 Å². The van der Waals surface area contributed by atoms with Crippen molar-refractivity contribution < 1.29 is 32.2 Å². The average molecular weight is 714 g/mol. The number of aryl methyl sites for hydroxylation is 1. The van der Waals surface area contributed by atoms with Crippen LogP contribution in [0.5, 0.6) is 11.5 Å². The van der Waals surface area contributed by atoms with Crippen molar-refractivity contribution in [2.75, 3.05) is 31.7 Å². The number of carbonyl (C=O) groups excluding carboxylic acids is 2. The summed E-state index contributed by atoms with van der Waals surface area (Å²) in [6.45, 7) is 2.69. The molecule has 0 unspecified atom stereocenters. The van der Waals surface area contributed by atoms with E-state index in [0.717, 1.165) is 61.6 Å². The number of ether oxygens (including phenoxy) is 3. The van der Waals surface area contributed by atoms with E-state index < -0.39 is 10.0 Å². The number of sulfonamides is 1. The maximum absolute atomic E-state index is 13.8. The number of hydrogen-bond donors (Lipinski definition) is 2. The van der Waals surface area contributed by atoms with Crippen LogP contribution in [-0.2, 0) is 50.3 Å². The second-order valence-electron chi connectivity index (χ2n) is 12.7. The Labute approximate surface area is 301 Å². The molecule has 1 aliphatic rings. The second kappa shape index (κ2) is 19.1. The highest BCUT2D eigenvalue weighted by molar-refractivity contribution is 7.89. The van der Waals surface area contributed by atoms with Crippen molar-refractivity contribution in [2.24, 2.45) is 5.14 Å². The number of carbonyl (C=O) groups is 2. The van der Waals surface area contributed by atoms with E-state index in [1.54, 1.807) is 18.2 Å². The Hall–Kier alpha value is -4.71. The Morgan fingerprint density at radius 1 is 0.804 bits per heavy atom. The predicted molar refractivity (Wildman–Crippen MR) is 197 cm³/mol. The normalized spacial score (nSPS) is 12.5. The number of rotatable bonds is 20. The average Bonchev–Trinajstić information content (AvgIpc) is 3.13. The first kappa shape index (κ1) is 37.5. The Balaban J connectivity index is 1.07. The van der Waals surface area contributed by atoms with Crippen molar-refractivity contribution in [3.63, 3.8) is 0 Å². The zero-order valence-corrected chi connectivity index (χ0v) is 29.7. The second-order valence-corrected chi connectivity index (χ2v) is 14.3. The Kier molecular flexibility index (Phi) is 14.0. The number of nitrogens with one attached hydrogen (secondary N) is 1. The molecule has 0 aromatic heterocycles. The number of nitrogens with two attached hydrogens (primary N) is 1. The van der Waals surface area contributed by atoms with Gasteiger partial charge in [0.25, 0.3) is 5.91 Å². The van der Waals surface area contributed by atoms with Gasteiger partial charge in [0.1, 0.15) is 18.0 Å². The van der Waals surface area contributed by atoms with Crippen molar-refractivity contribution in [1.29, 1.82) is 0 Å². The van der Waals surface area contributed by atoms with Crippen LogP contribution in [-0.4, -0.2) is 51.5 Å². The summed E-state index contributed by atoms with van der Waals surface area (Å²) in [5.74, 6) is 0.692. The molecule has 0 fully saturated rings. The lowest BCUT2D eigenvalue weighted by atomic mass is 10.1. The third-order valence-electron chi connectivity index (χ3n) is 8.66. The number of primary sulfonamides is 1. The van der Waals surface area contributed by atoms with Crippen molar-refractivity contribution >= 4 is 27.5 Å². The van der Waals surface area contributed by atoms with Crippen LogP contribution in [0.2, 0.25) is 0 Å². The molecule has 11 heteroatoms. The van der Waals surface area contributed by atoms with E-state index in [1.807, 2.05) is 77.7 Å². The molecule has 1 aliphatic heterocycles.